The molecular formula is C16H20FN3OS. The van der Waals surface area contributed by atoms with Gasteiger partial charge in [0.25, 0.3) is 0 Å². The van der Waals surface area contributed by atoms with Crippen molar-refractivity contribution in [2.24, 2.45) is 0 Å². The minimum Gasteiger partial charge on any atom is -0.336 e. The summed E-state index contributed by atoms with van der Waals surface area (Å²) in [5.41, 5.74) is 0.837. The summed E-state index contributed by atoms with van der Waals surface area (Å²) in [5.74, 6) is -0.272. The molecule has 6 heteroatoms. The molecule has 0 saturated heterocycles. The SMILES string of the molecule is CN(C)C(CNC(=O)NCc1cccs1)c1cccc(F)c1. The quantitative estimate of drug-likeness (QED) is 0.859. The van der Waals surface area contributed by atoms with Crippen molar-refractivity contribution in [1.29, 1.82) is 0 Å². The summed E-state index contributed by atoms with van der Waals surface area (Å²) in [6, 6.07) is 10.1. The first-order valence-electron chi connectivity index (χ1n) is 7.02. The summed E-state index contributed by atoms with van der Waals surface area (Å²) in [6.45, 7) is 0.919. The highest BCUT2D eigenvalue weighted by molar-refractivity contribution is 7.09. The van der Waals surface area contributed by atoms with Crippen molar-refractivity contribution >= 4 is 17.4 Å². The summed E-state index contributed by atoms with van der Waals surface area (Å²) in [7, 11) is 3.81. The molecule has 0 bridgehead atoms. The Morgan fingerprint density at radius 3 is 2.73 bits per heavy atom. The first-order chi connectivity index (χ1) is 10.6. The van der Waals surface area contributed by atoms with Crippen molar-refractivity contribution in [3.63, 3.8) is 0 Å². The molecule has 118 valence electrons. The predicted octanol–water partition coefficient (Wildman–Crippen LogP) is 2.99. The van der Waals surface area contributed by atoms with Crippen LogP contribution < -0.4 is 10.6 Å². The lowest BCUT2D eigenvalue weighted by atomic mass is 10.1. The van der Waals surface area contributed by atoms with Crippen molar-refractivity contribution in [2.75, 3.05) is 20.6 Å². The largest absolute Gasteiger partial charge is 0.336 e. The molecule has 0 aliphatic carbocycles. The lowest BCUT2D eigenvalue weighted by Gasteiger charge is -2.25. The number of nitrogens with zero attached hydrogens (tertiary/aromatic N) is 1. The Balaban J connectivity index is 1.87. The van der Waals surface area contributed by atoms with Crippen LogP contribution in [0.25, 0.3) is 0 Å². The molecule has 0 aliphatic rings. The second-order valence-electron chi connectivity index (χ2n) is 5.18. The van der Waals surface area contributed by atoms with E-state index in [4.69, 9.17) is 0 Å². The first-order valence-corrected chi connectivity index (χ1v) is 7.90. The highest BCUT2D eigenvalue weighted by atomic mass is 32.1. The molecule has 2 rings (SSSR count). The third-order valence-corrected chi connectivity index (χ3v) is 4.19. The zero-order chi connectivity index (χ0) is 15.9. The maximum Gasteiger partial charge on any atom is 0.315 e. The van der Waals surface area contributed by atoms with Crippen LogP contribution in [0.5, 0.6) is 0 Å². The molecule has 0 radical (unpaired) electrons. The van der Waals surface area contributed by atoms with Crippen molar-refractivity contribution in [3.05, 3.63) is 58.0 Å². The molecule has 0 saturated carbocycles. The maximum absolute atomic E-state index is 13.4. The summed E-state index contributed by atoms with van der Waals surface area (Å²) < 4.78 is 13.4. The van der Waals surface area contributed by atoms with E-state index in [0.29, 0.717) is 13.1 Å². The molecule has 1 aromatic heterocycles. The van der Waals surface area contributed by atoms with Crippen molar-refractivity contribution in [3.8, 4) is 0 Å². The number of rotatable bonds is 6. The van der Waals surface area contributed by atoms with Gasteiger partial charge in [-0.2, -0.15) is 0 Å². The summed E-state index contributed by atoms with van der Waals surface area (Å²) in [4.78, 5) is 14.9. The number of carbonyl (C=O) groups is 1. The number of likely N-dealkylation sites (N-methyl/N-ethyl adjacent to an activating group) is 1. The van der Waals surface area contributed by atoms with E-state index < -0.39 is 0 Å². The number of hydrogen-bond donors (Lipinski definition) is 2. The maximum atomic E-state index is 13.4. The van der Waals surface area contributed by atoms with Gasteiger partial charge in [-0.05, 0) is 43.2 Å². The Hall–Kier alpha value is -1.92. The molecule has 2 aromatic rings. The lowest BCUT2D eigenvalue weighted by Crippen LogP contribution is -2.40. The van der Waals surface area contributed by atoms with E-state index in [-0.39, 0.29) is 17.9 Å². The van der Waals surface area contributed by atoms with Gasteiger partial charge < -0.3 is 15.5 Å². The third kappa shape index (κ3) is 4.82. The number of benzene rings is 1. The number of urea groups is 1. The molecule has 1 heterocycles. The van der Waals surface area contributed by atoms with Gasteiger partial charge in [0, 0.05) is 11.4 Å². The number of thiophene rings is 1. The van der Waals surface area contributed by atoms with Gasteiger partial charge in [0.2, 0.25) is 0 Å². The minimum atomic E-state index is -0.272. The van der Waals surface area contributed by atoms with E-state index in [1.54, 1.807) is 17.4 Å². The fraction of sp³-hybridized carbons (Fsp3) is 0.312. The predicted molar refractivity (Wildman–Crippen MR) is 87.4 cm³/mol. The standard InChI is InChI=1S/C16H20FN3OS/c1-20(2)15(12-5-3-6-13(17)9-12)11-19-16(21)18-10-14-7-4-8-22-14/h3-9,15H,10-11H2,1-2H3,(H2,18,19,21). The number of carbonyl (C=O) groups excluding carboxylic acids is 1. The summed E-state index contributed by atoms with van der Waals surface area (Å²) >= 11 is 1.60. The van der Waals surface area contributed by atoms with Gasteiger partial charge in [-0.3, -0.25) is 0 Å². The number of halogens is 1. The average Bonchev–Trinajstić information content (AvgIpc) is 2.98. The topological polar surface area (TPSA) is 44.4 Å². The van der Waals surface area contributed by atoms with E-state index in [1.165, 1.54) is 12.1 Å². The molecule has 0 fully saturated rings. The van der Waals surface area contributed by atoms with E-state index >= 15 is 0 Å². The van der Waals surface area contributed by atoms with E-state index in [2.05, 4.69) is 10.6 Å². The van der Waals surface area contributed by atoms with Crippen LogP contribution >= 0.6 is 11.3 Å². The van der Waals surface area contributed by atoms with Gasteiger partial charge in [0.1, 0.15) is 5.82 Å². The number of amides is 2. The Morgan fingerprint density at radius 2 is 2.09 bits per heavy atom. The molecule has 2 N–H and O–H groups in total. The molecular weight excluding hydrogens is 301 g/mol. The Labute approximate surface area is 134 Å². The fourth-order valence-electron chi connectivity index (χ4n) is 2.14. The van der Waals surface area contributed by atoms with Crippen molar-refractivity contribution in [2.45, 2.75) is 12.6 Å². The monoisotopic (exact) mass is 321 g/mol. The third-order valence-electron chi connectivity index (χ3n) is 3.32. The molecule has 2 amide bonds. The number of nitrogens with one attached hydrogen (secondary N) is 2. The van der Waals surface area contributed by atoms with Crippen LogP contribution in [0, 0.1) is 5.82 Å². The van der Waals surface area contributed by atoms with Crippen LogP contribution in [0.2, 0.25) is 0 Å². The molecule has 0 spiro atoms. The van der Waals surface area contributed by atoms with Gasteiger partial charge in [-0.15, -0.1) is 11.3 Å². The molecule has 22 heavy (non-hydrogen) atoms. The summed E-state index contributed by atoms with van der Waals surface area (Å²) in [5, 5.41) is 7.62. The zero-order valence-corrected chi connectivity index (χ0v) is 13.5. The van der Waals surface area contributed by atoms with Gasteiger partial charge in [0.15, 0.2) is 0 Å². The minimum absolute atomic E-state index is 0.0804. The lowest BCUT2D eigenvalue weighted by molar-refractivity contribution is 0.232. The smallest absolute Gasteiger partial charge is 0.315 e. The van der Waals surface area contributed by atoms with Gasteiger partial charge in [-0.25, -0.2) is 9.18 Å². The Kier molecular flexibility index (Phi) is 5.91. The van der Waals surface area contributed by atoms with Crippen LogP contribution in [-0.4, -0.2) is 31.6 Å². The van der Waals surface area contributed by atoms with Crippen LogP contribution in [-0.2, 0) is 6.54 Å². The van der Waals surface area contributed by atoms with Gasteiger partial charge in [0.05, 0.1) is 12.6 Å². The second kappa shape index (κ2) is 7.91. The van der Waals surface area contributed by atoms with Crippen molar-refractivity contribution in [1.82, 2.24) is 15.5 Å². The van der Waals surface area contributed by atoms with Gasteiger partial charge in [-0.1, -0.05) is 18.2 Å². The average molecular weight is 321 g/mol. The number of hydrogen-bond acceptors (Lipinski definition) is 3. The van der Waals surface area contributed by atoms with Crippen molar-refractivity contribution < 1.29 is 9.18 Å². The van der Waals surface area contributed by atoms with Crippen LogP contribution in [0.1, 0.15) is 16.5 Å². The normalized spacial score (nSPS) is 12.2. The molecule has 1 atom stereocenters. The first kappa shape index (κ1) is 16.5. The Morgan fingerprint density at radius 1 is 1.27 bits per heavy atom. The molecule has 4 nitrogen and oxygen atoms in total. The van der Waals surface area contributed by atoms with Crippen LogP contribution in [0.15, 0.2) is 41.8 Å². The van der Waals surface area contributed by atoms with Gasteiger partial charge >= 0.3 is 6.03 Å². The van der Waals surface area contributed by atoms with Crippen LogP contribution in [0.3, 0.4) is 0 Å². The van der Waals surface area contributed by atoms with E-state index in [9.17, 15) is 9.18 Å². The highest BCUT2D eigenvalue weighted by Crippen LogP contribution is 2.18. The zero-order valence-electron chi connectivity index (χ0n) is 12.7. The molecule has 0 aliphatic heterocycles. The summed E-state index contributed by atoms with van der Waals surface area (Å²) in [6.07, 6.45) is 0. The molecule has 1 aromatic carbocycles. The van der Waals surface area contributed by atoms with E-state index in [0.717, 1.165) is 10.4 Å². The second-order valence-corrected chi connectivity index (χ2v) is 6.21. The Bertz CT molecular complexity index is 601. The van der Waals surface area contributed by atoms with Crippen LogP contribution in [0.4, 0.5) is 9.18 Å². The van der Waals surface area contributed by atoms with E-state index in [1.807, 2.05) is 42.6 Å². The highest BCUT2D eigenvalue weighted by Gasteiger charge is 2.15. The molecule has 1 unspecified atom stereocenters. The fourth-order valence-corrected chi connectivity index (χ4v) is 2.79.